The quantitative estimate of drug-likeness (QED) is 0.358. The molecule has 2 saturated heterocycles. The third-order valence-corrected chi connectivity index (χ3v) is 10.4. The molecule has 6 rings (SSSR count). The van der Waals surface area contributed by atoms with Crippen molar-refractivity contribution in [3.05, 3.63) is 70.8 Å². The number of rotatable bonds is 9. The highest BCUT2D eigenvalue weighted by Gasteiger charge is 2.32. The number of fused-ring (bicyclic) bond motifs is 1. The van der Waals surface area contributed by atoms with Crippen molar-refractivity contribution in [2.24, 2.45) is 5.92 Å². The Morgan fingerprint density at radius 2 is 1.58 bits per heavy atom. The van der Waals surface area contributed by atoms with Gasteiger partial charge in [-0.15, -0.1) is 0 Å². The minimum Gasteiger partial charge on any atom is -0.379 e. The first-order valence-corrected chi connectivity index (χ1v) is 18.8. The molecule has 8 heteroatoms. The van der Waals surface area contributed by atoms with Crippen molar-refractivity contribution in [3.8, 4) is 0 Å². The molecule has 3 unspecified atom stereocenters. The van der Waals surface area contributed by atoms with Crippen molar-refractivity contribution in [2.45, 2.75) is 104 Å². The van der Waals surface area contributed by atoms with Crippen LogP contribution in [0.15, 0.2) is 48.5 Å². The molecule has 2 aromatic carbocycles. The highest BCUT2D eigenvalue weighted by molar-refractivity contribution is 5.88. The number of morpholine rings is 1. The zero-order valence-electron chi connectivity index (χ0n) is 30.5. The molecule has 2 N–H and O–H groups in total. The van der Waals surface area contributed by atoms with Crippen LogP contribution in [0.4, 0.5) is 0 Å². The minimum atomic E-state index is -0.553. The van der Waals surface area contributed by atoms with E-state index in [4.69, 9.17) is 4.74 Å². The molecular weight excluding hydrogens is 598 g/mol. The van der Waals surface area contributed by atoms with E-state index in [-0.39, 0.29) is 17.9 Å². The van der Waals surface area contributed by atoms with Gasteiger partial charge < -0.3 is 25.2 Å². The Morgan fingerprint density at radius 1 is 0.917 bits per heavy atom. The SMILES string of the molecule is CC.CN1CCOCC1.Cc1ccc(CC(NC(=O)CC2NCc3ccccc32)C(=O)N2CCN(C(C)CC3CCCCC3)CC2)cc1. The van der Waals surface area contributed by atoms with Gasteiger partial charge >= 0.3 is 0 Å². The number of ether oxygens (including phenoxy) is 1. The Hall–Kier alpha value is -2.78. The predicted octanol–water partition coefficient (Wildman–Crippen LogP) is 5.73. The van der Waals surface area contributed by atoms with E-state index in [0.29, 0.717) is 18.9 Å². The molecule has 3 aliphatic heterocycles. The van der Waals surface area contributed by atoms with Crippen LogP contribution in [0.25, 0.3) is 0 Å². The summed E-state index contributed by atoms with van der Waals surface area (Å²) in [5.74, 6) is 0.835. The lowest BCUT2D eigenvalue weighted by atomic mass is 9.85. The molecule has 48 heavy (non-hydrogen) atoms. The molecule has 0 spiro atoms. The number of likely N-dealkylation sites (N-methyl/N-ethyl adjacent to an activating group) is 1. The summed E-state index contributed by atoms with van der Waals surface area (Å²) in [6.07, 6.45) is 9.05. The van der Waals surface area contributed by atoms with Gasteiger partial charge in [0, 0.05) is 70.7 Å². The lowest BCUT2D eigenvalue weighted by Crippen LogP contribution is -2.57. The van der Waals surface area contributed by atoms with Gasteiger partial charge in [-0.25, -0.2) is 0 Å². The van der Waals surface area contributed by atoms with Gasteiger partial charge in [-0.2, -0.15) is 0 Å². The molecule has 2 aromatic rings. The summed E-state index contributed by atoms with van der Waals surface area (Å²) in [5.41, 5.74) is 4.70. The Balaban J connectivity index is 0.000000507. The fraction of sp³-hybridized carbons (Fsp3) is 0.650. The highest BCUT2D eigenvalue weighted by atomic mass is 16.5. The molecular formula is C40H63N5O3. The van der Waals surface area contributed by atoms with E-state index in [1.54, 1.807) is 0 Å². The highest BCUT2D eigenvalue weighted by Crippen LogP contribution is 2.29. The maximum atomic E-state index is 13.8. The van der Waals surface area contributed by atoms with Crippen LogP contribution in [0, 0.1) is 12.8 Å². The molecule has 0 radical (unpaired) electrons. The smallest absolute Gasteiger partial charge is 0.245 e. The summed E-state index contributed by atoms with van der Waals surface area (Å²) in [4.78, 5) is 33.9. The maximum absolute atomic E-state index is 13.8. The van der Waals surface area contributed by atoms with Crippen LogP contribution in [0.3, 0.4) is 0 Å². The van der Waals surface area contributed by atoms with E-state index >= 15 is 0 Å². The van der Waals surface area contributed by atoms with Crippen molar-refractivity contribution in [1.29, 1.82) is 0 Å². The second-order valence-corrected chi connectivity index (χ2v) is 14.0. The van der Waals surface area contributed by atoms with E-state index in [9.17, 15) is 9.59 Å². The molecule has 8 nitrogen and oxygen atoms in total. The van der Waals surface area contributed by atoms with Crippen molar-refractivity contribution in [1.82, 2.24) is 25.3 Å². The molecule has 3 fully saturated rings. The Morgan fingerprint density at radius 3 is 2.23 bits per heavy atom. The number of piperazine rings is 1. The zero-order chi connectivity index (χ0) is 34.3. The standard InChI is InChI=1S/C33H46N4O2.C5H11NO.C2H6/c1-24-12-14-27(15-13-24)21-31(35-32(38)22-30-29-11-7-6-10-28(29)23-34-30)33(39)37-18-16-36(17-19-37)25(2)20-26-8-4-3-5-9-26;1-6-2-4-7-5-3-6;1-2/h6-7,10-15,25-26,30-31,34H,3-5,8-9,16-23H2,1-2H3,(H,35,38);2-5H2,1H3;1-2H3. The average molecular weight is 662 g/mol. The first kappa shape index (κ1) is 38.0. The van der Waals surface area contributed by atoms with E-state index in [1.807, 2.05) is 30.9 Å². The van der Waals surface area contributed by atoms with Crippen LogP contribution in [0.1, 0.15) is 94.0 Å². The Kier molecular flexibility index (Phi) is 15.9. The third-order valence-electron chi connectivity index (χ3n) is 10.4. The van der Waals surface area contributed by atoms with E-state index < -0.39 is 6.04 Å². The second-order valence-electron chi connectivity index (χ2n) is 14.0. The summed E-state index contributed by atoms with van der Waals surface area (Å²) >= 11 is 0. The number of nitrogens with one attached hydrogen (secondary N) is 2. The van der Waals surface area contributed by atoms with Gasteiger partial charge in [-0.3, -0.25) is 14.5 Å². The van der Waals surface area contributed by atoms with Gasteiger partial charge in [0.1, 0.15) is 6.04 Å². The monoisotopic (exact) mass is 661 g/mol. The van der Waals surface area contributed by atoms with Gasteiger partial charge in [0.25, 0.3) is 0 Å². The predicted molar refractivity (Wildman–Crippen MR) is 196 cm³/mol. The van der Waals surface area contributed by atoms with Gasteiger partial charge in [-0.1, -0.05) is 100 Å². The van der Waals surface area contributed by atoms with Gasteiger partial charge in [0.05, 0.1) is 13.2 Å². The van der Waals surface area contributed by atoms with Gasteiger partial charge in [-0.05, 0) is 49.9 Å². The topological polar surface area (TPSA) is 77.1 Å². The number of amides is 2. The average Bonchev–Trinajstić information content (AvgIpc) is 3.53. The number of carbonyl (C=O) groups is 2. The number of aryl methyl sites for hydroxylation is 1. The summed E-state index contributed by atoms with van der Waals surface area (Å²) < 4.78 is 5.10. The zero-order valence-corrected chi connectivity index (χ0v) is 30.5. The number of carbonyl (C=O) groups excluding carboxylic acids is 2. The summed E-state index contributed by atoms with van der Waals surface area (Å²) in [5, 5.41) is 6.60. The van der Waals surface area contributed by atoms with Crippen LogP contribution in [-0.4, -0.2) is 98.1 Å². The third kappa shape index (κ3) is 11.7. The molecule has 4 aliphatic rings. The number of hydrogen-bond donors (Lipinski definition) is 2. The lowest BCUT2D eigenvalue weighted by Gasteiger charge is -2.40. The summed E-state index contributed by atoms with van der Waals surface area (Å²) in [6, 6.07) is 16.6. The molecule has 3 atom stereocenters. The number of benzene rings is 2. The van der Waals surface area contributed by atoms with Crippen molar-refractivity contribution < 1.29 is 14.3 Å². The Labute approximate surface area is 291 Å². The van der Waals surface area contributed by atoms with Crippen molar-refractivity contribution in [2.75, 3.05) is 59.5 Å². The van der Waals surface area contributed by atoms with Gasteiger partial charge in [0.15, 0.2) is 0 Å². The van der Waals surface area contributed by atoms with E-state index in [1.165, 1.54) is 55.2 Å². The summed E-state index contributed by atoms with van der Waals surface area (Å²) in [7, 11) is 2.11. The lowest BCUT2D eigenvalue weighted by molar-refractivity contribution is -0.138. The van der Waals surface area contributed by atoms with Crippen LogP contribution < -0.4 is 10.6 Å². The van der Waals surface area contributed by atoms with Crippen LogP contribution in [0.2, 0.25) is 0 Å². The molecule has 0 bridgehead atoms. The number of hydrogen-bond acceptors (Lipinski definition) is 6. The van der Waals surface area contributed by atoms with Crippen molar-refractivity contribution in [3.63, 3.8) is 0 Å². The Bertz CT molecular complexity index is 1230. The second kappa shape index (κ2) is 20.0. The molecule has 0 aromatic heterocycles. The fourth-order valence-electron chi connectivity index (χ4n) is 7.47. The molecule has 2 amide bonds. The van der Waals surface area contributed by atoms with Crippen molar-refractivity contribution >= 4 is 11.8 Å². The van der Waals surface area contributed by atoms with Gasteiger partial charge in [0.2, 0.25) is 11.8 Å². The van der Waals surface area contributed by atoms with E-state index in [0.717, 1.165) is 70.5 Å². The molecule has 1 saturated carbocycles. The molecule has 1 aliphatic carbocycles. The summed E-state index contributed by atoms with van der Waals surface area (Å²) in [6.45, 7) is 16.5. The van der Waals surface area contributed by atoms with Crippen LogP contribution in [-0.2, 0) is 27.3 Å². The van der Waals surface area contributed by atoms with Crippen LogP contribution in [0.5, 0.6) is 0 Å². The van der Waals surface area contributed by atoms with E-state index in [2.05, 4.69) is 77.7 Å². The largest absolute Gasteiger partial charge is 0.379 e. The molecule has 3 heterocycles. The normalized spacial score (nSPS) is 21.5. The fourth-order valence-corrected chi connectivity index (χ4v) is 7.47. The number of nitrogens with zero attached hydrogens (tertiary/aromatic N) is 3. The maximum Gasteiger partial charge on any atom is 0.245 e. The first-order chi connectivity index (χ1) is 23.4. The molecule has 266 valence electrons. The van der Waals surface area contributed by atoms with Crippen LogP contribution >= 0.6 is 0 Å². The minimum absolute atomic E-state index is 0.00877. The first-order valence-electron chi connectivity index (χ1n) is 18.8.